The van der Waals surface area contributed by atoms with E-state index in [1.165, 1.54) is 4.90 Å². The second-order valence-corrected chi connectivity index (χ2v) is 17.2. The topological polar surface area (TPSA) is 195 Å². The van der Waals surface area contributed by atoms with Gasteiger partial charge in [0.05, 0.1) is 40.1 Å². The third-order valence-electron chi connectivity index (χ3n) is 11.4. The van der Waals surface area contributed by atoms with Crippen LogP contribution < -0.4 is 20.9 Å². The number of nitrogens with one attached hydrogen (secondary N) is 2. The summed E-state index contributed by atoms with van der Waals surface area (Å²) in [5.41, 5.74) is 12.3. The maximum Gasteiger partial charge on any atom is 0.356 e. The number of phenolic OH excluding ortho intramolecular Hbond substituents is 1. The van der Waals surface area contributed by atoms with Crippen molar-refractivity contribution in [2.75, 3.05) is 36.8 Å². The van der Waals surface area contributed by atoms with E-state index in [9.17, 15) is 24.9 Å². The molecule has 15 heteroatoms. The molecular formula is C41H52N9O5S+. The molecule has 4 aromatic rings. The summed E-state index contributed by atoms with van der Waals surface area (Å²) in [5.74, 6) is -0.305. The lowest BCUT2D eigenvalue weighted by atomic mass is 9.85. The molecule has 2 aromatic heterocycles. The highest BCUT2D eigenvalue weighted by Gasteiger charge is 2.47. The molecule has 2 aromatic carbocycles. The number of piperazine rings is 1. The molecule has 5 heterocycles. The zero-order valence-electron chi connectivity index (χ0n) is 32.5. The number of rotatable bonds is 10. The third kappa shape index (κ3) is 8.06. The monoisotopic (exact) mass is 782 g/mol. The average Bonchev–Trinajstić information content (AvgIpc) is 3.83. The summed E-state index contributed by atoms with van der Waals surface area (Å²) in [6.45, 7) is 11.0. The second-order valence-electron chi connectivity index (χ2n) is 16.4. The van der Waals surface area contributed by atoms with Crippen molar-refractivity contribution in [2.24, 2.45) is 5.41 Å². The summed E-state index contributed by atoms with van der Waals surface area (Å²) in [7, 11) is 0. The van der Waals surface area contributed by atoms with E-state index < -0.39 is 23.6 Å². The van der Waals surface area contributed by atoms with Crippen LogP contribution in [0.4, 0.5) is 11.5 Å². The number of aliphatic hydroxyl groups is 2. The van der Waals surface area contributed by atoms with Crippen LogP contribution in [0.25, 0.3) is 21.7 Å². The Labute approximate surface area is 331 Å². The minimum atomic E-state index is -0.898. The number of likely N-dealkylation sites (tertiary alicyclic amines) is 1. The van der Waals surface area contributed by atoms with Crippen LogP contribution >= 0.6 is 11.3 Å². The van der Waals surface area contributed by atoms with E-state index in [2.05, 4.69) is 35.3 Å². The number of nitrogens with zero attached hydrogens (tertiary/aromatic N) is 6. The number of amides is 2. The summed E-state index contributed by atoms with van der Waals surface area (Å²) in [6, 6.07) is 15.1. The van der Waals surface area contributed by atoms with Gasteiger partial charge < -0.3 is 36.2 Å². The summed E-state index contributed by atoms with van der Waals surface area (Å²) in [5, 5.41) is 44.0. The van der Waals surface area contributed by atoms with Gasteiger partial charge in [0.2, 0.25) is 11.8 Å². The molecule has 0 saturated carbocycles. The fourth-order valence-corrected chi connectivity index (χ4v) is 9.13. The largest absolute Gasteiger partial charge is 0.507 e. The quantitative estimate of drug-likeness (QED) is 0.102. The number of benzene rings is 2. The molecule has 3 aliphatic heterocycles. The zero-order valence-corrected chi connectivity index (χ0v) is 33.3. The van der Waals surface area contributed by atoms with E-state index in [0.717, 1.165) is 40.2 Å². The lowest BCUT2D eigenvalue weighted by molar-refractivity contribution is -0.515. The van der Waals surface area contributed by atoms with E-state index in [1.807, 2.05) is 76.5 Å². The highest BCUT2D eigenvalue weighted by Crippen LogP contribution is 2.37. The Kier molecular flexibility index (Phi) is 11.0. The molecular weight excluding hydrogens is 731 g/mol. The van der Waals surface area contributed by atoms with Crippen LogP contribution in [0.1, 0.15) is 64.3 Å². The van der Waals surface area contributed by atoms with E-state index in [0.29, 0.717) is 30.2 Å². The number of nitrogen functional groups attached to an aromatic ring is 1. The SMILES string of the molecule is Cc1ncsc1-c1ccc([C@H](C)[NH+]=C(O)[C@@H]2C[C@@H](O)CN2C(=O)[C@@H](NC(=O)CN2C3CCC2CN(c2cc(-c4ccccc4O)nnc2N)C3)C(C)(C)C)cc1. The van der Waals surface area contributed by atoms with Gasteiger partial charge in [-0.25, -0.2) is 9.98 Å². The van der Waals surface area contributed by atoms with Gasteiger partial charge in [0.1, 0.15) is 11.8 Å². The number of para-hydroxylation sites is 1. The first-order chi connectivity index (χ1) is 26.7. The Hall–Kier alpha value is -5.12. The second kappa shape index (κ2) is 15.8. The number of hydrogen-bond acceptors (Lipinski definition) is 11. The molecule has 0 radical (unpaired) electrons. The minimum Gasteiger partial charge on any atom is -0.507 e. The number of aryl methyl sites for hydroxylation is 1. The Balaban J connectivity index is 1.01. The van der Waals surface area contributed by atoms with Gasteiger partial charge in [-0.3, -0.25) is 14.5 Å². The Morgan fingerprint density at radius 1 is 1.05 bits per heavy atom. The van der Waals surface area contributed by atoms with Crippen molar-refractivity contribution >= 4 is 40.6 Å². The standard InChI is InChI=1S/C41H51N9O5S/c1-23(25-10-12-26(13-11-25)36-24(2)43-22-56-36)44-39(54)33-16-29(51)20-50(33)40(55)37(41(3,4)5)45-35(53)21-49-27-14-15-28(49)19-48(18-27)32-17-31(46-47-38(32)42)30-8-6-7-9-34(30)52/h6-13,17,22-23,27-29,33,37,51-52H,14-16,18-21H2,1-5H3,(H2,42,47)(H,44,54)(H,45,53)/p+1/t23-,27?,28?,29+,33-,37+/m0/s1. The van der Waals surface area contributed by atoms with Gasteiger partial charge in [0, 0.05) is 56.2 Å². The van der Waals surface area contributed by atoms with E-state index in [4.69, 9.17) is 5.73 Å². The Bertz CT molecular complexity index is 2090. The number of β-amino-alcohol motifs (C(OH)–C–C–N with tert-alkyl or cyclic N) is 1. The summed E-state index contributed by atoms with van der Waals surface area (Å²) < 4.78 is 0. The number of thiazole rings is 1. The predicted octanol–water partition coefficient (Wildman–Crippen LogP) is 2.81. The van der Waals surface area contributed by atoms with Crippen LogP contribution in [-0.2, 0) is 9.59 Å². The normalized spacial score (nSPS) is 22.6. The van der Waals surface area contributed by atoms with Crippen molar-refractivity contribution in [1.29, 1.82) is 0 Å². The number of anilines is 2. The fourth-order valence-electron chi connectivity index (χ4n) is 8.32. The molecule has 0 aliphatic carbocycles. The first-order valence-electron chi connectivity index (χ1n) is 19.2. The molecule has 2 unspecified atom stereocenters. The number of aromatic hydroxyl groups is 1. The van der Waals surface area contributed by atoms with Crippen LogP contribution in [0.5, 0.6) is 5.75 Å². The number of aromatic nitrogens is 3. The van der Waals surface area contributed by atoms with E-state index in [-0.39, 0.29) is 61.1 Å². The first-order valence-corrected chi connectivity index (χ1v) is 20.1. The zero-order chi connectivity index (χ0) is 39.9. The van der Waals surface area contributed by atoms with Crippen LogP contribution in [-0.4, -0.2) is 114 Å². The van der Waals surface area contributed by atoms with Crippen molar-refractivity contribution in [2.45, 2.75) is 90.2 Å². The maximum atomic E-state index is 14.3. The van der Waals surface area contributed by atoms with Crippen LogP contribution in [0, 0.1) is 12.3 Å². The van der Waals surface area contributed by atoms with Crippen molar-refractivity contribution in [3.8, 4) is 27.4 Å². The molecule has 3 fully saturated rings. The van der Waals surface area contributed by atoms with Crippen molar-refractivity contribution in [3.05, 3.63) is 71.4 Å². The number of phenols is 1. The third-order valence-corrected chi connectivity index (χ3v) is 12.3. The predicted molar refractivity (Wildman–Crippen MR) is 216 cm³/mol. The highest BCUT2D eigenvalue weighted by atomic mass is 32.1. The van der Waals surface area contributed by atoms with Gasteiger partial charge in [0.15, 0.2) is 17.9 Å². The number of hydrogen-bond donors (Lipinski definition) is 6. The van der Waals surface area contributed by atoms with Crippen molar-refractivity contribution in [1.82, 2.24) is 30.3 Å². The smallest absolute Gasteiger partial charge is 0.356 e. The van der Waals surface area contributed by atoms with Crippen LogP contribution in [0.3, 0.4) is 0 Å². The van der Waals surface area contributed by atoms with Gasteiger partial charge >= 0.3 is 5.90 Å². The lowest BCUT2D eigenvalue weighted by Crippen LogP contribution is -2.77. The molecule has 56 heavy (non-hydrogen) atoms. The minimum absolute atomic E-state index is 0.0413. The van der Waals surface area contributed by atoms with Crippen LogP contribution in [0.15, 0.2) is 60.1 Å². The van der Waals surface area contributed by atoms with Gasteiger partial charge in [0.25, 0.3) is 0 Å². The highest BCUT2D eigenvalue weighted by molar-refractivity contribution is 7.13. The number of fused-ring (bicyclic) bond motifs is 2. The summed E-state index contributed by atoms with van der Waals surface area (Å²) in [6.07, 6.45) is 1.16. The molecule has 7 rings (SSSR count). The molecule has 3 saturated heterocycles. The van der Waals surface area contributed by atoms with Crippen molar-refractivity contribution in [3.63, 3.8) is 0 Å². The Morgan fingerprint density at radius 2 is 1.75 bits per heavy atom. The van der Waals surface area contributed by atoms with Gasteiger partial charge in [-0.1, -0.05) is 57.2 Å². The number of carbonyl (C=O) groups excluding carboxylic acids is 2. The number of nitrogens with two attached hydrogens (primary N) is 1. The molecule has 14 nitrogen and oxygen atoms in total. The molecule has 7 N–H and O–H groups in total. The van der Waals surface area contributed by atoms with E-state index in [1.54, 1.807) is 29.5 Å². The molecule has 2 amide bonds. The van der Waals surface area contributed by atoms with E-state index >= 15 is 0 Å². The fraction of sp³-hybridized carbons (Fsp3) is 0.463. The maximum absolute atomic E-state index is 14.3. The van der Waals surface area contributed by atoms with Gasteiger partial charge in [-0.05, 0) is 48.9 Å². The number of carbonyl (C=O) groups is 2. The van der Waals surface area contributed by atoms with Gasteiger partial charge in [-0.15, -0.1) is 21.5 Å². The van der Waals surface area contributed by atoms with Crippen LogP contribution in [0.2, 0.25) is 0 Å². The molecule has 296 valence electrons. The molecule has 6 atom stereocenters. The first kappa shape index (κ1) is 39.1. The van der Waals surface area contributed by atoms with Gasteiger partial charge in [-0.2, -0.15) is 0 Å². The van der Waals surface area contributed by atoms with Crippen molar-refractivity contribution < 1.29 is 29.9 Å². The molecule has 3 aliphatic rings. The number of aliphatic hydroxyl groups excluding tert-OH is 2. The summed E-state index contributed by atoms with van der Waals surface area (Å²) in [4.78, 5) is 42.7. The molecule has 2 bridgehead atoms. The molecule has 0 spiro atoms. The lowest BCUT2D eigenvalue weighted by Gasteiger charge is -2.42. The average molecular weight is 783 g/mol. The Morgan fingerprint density at radius 3 is 2.39 bits per heavy atom. The summed E-state index contributed by atoms with van der Waals surface area (Å²) >= 11 is 1.59.